The van der Waals surface area contributed by atoms with E-state index in [1.54, 1.807) is 0 Å². The van der Waals surface area contributed by atoms with Crippen LogP contribution in [0.4, 0.5) is 11.8 Å². The first kappa shape index (κ1) is 23.5. The number of halogens is 2. The Morgan fingerprint density at radius 2 is 2.03 bits per heavy atom. The fraction of sp³-hybridized carbons (Fsp3) is 0.522. The summed E-state index contributed by atoms with van der Waals surface area (Å²) in [5.41, 5.74) is 1.10. The molecule has 1 aromatic carbocycles. The number of thiocarbonyl (C=S) groups is 1. The summed E-state index contributed by atoms with van der Waals surface area (Å²) in [5.74, 6) is 1.24. The van der Waals surface area contributed by atoms with Crippen LogP contribution in [-0.4, -0.2) is 47.4 Å². The van der Waals surface area contributed by atoms with E-state index in [0.29, 0.717) is 42.0 Å². The van der Waals surface area contributed by atoms with E-state index in [4.69, 9.17) is 40.2 Å². The molecule has 0 amide bonds. The Balaban J connectivity index is 1.45. The molecule has 32 heavy (non-hydrogen) atoms. The number of nitrogens with zero attached hydrogens (tertiary/aromatic N) is 3. The standard InChI is InChI=1S/C23H29Cl2N5OS/c1-16-5-2-3-10-30(16)20-14-19(25)27-21(28-20)29-22(32)26-15-23(8-11-31-12-9-23)17-6-4-7-18(24)13-17/h4,6-7,13-14,16H,2-3,5,8-12,15H2,1H3,(H2,26,27,28,29,32)/t16-/m0/s1. The number of hydrogen-bond acceptors (Lipinski definition) is 5. The Kier molecular flexibility index (Phi) is 7.71. The Morgan fingerprint density at radius 1 is 1.22 bits per heavy atom. The van der Waals surface area contributed by atoms with Crippen molar-refractivity contribution in [3.05, 3.63) is 46.1 Å². The molecule has 3 heterocycles. The van der Waals surface area contributed by atoms with E-state index in [1.165, 1.54) is 12.0 Å². The van der Waals surface area contributed by atoms with E-state index < -0.39 is 0 Å². The van der Waals surface area contributed by atoms with Crippen molar-refractivity contribution in [2.45, 2.75) is 50.5 Å². The van der Waals surface area contributed by atoms with Crippen molar-refractivity contribution in [3.8, 4) is 0 Å². The van der Waals surface area contributed by atoms with E-state index in [2.05, 4.69) is 38.5 Å². The van der Waals surface area contributed by atoms with Gasteiger partial charge in [-0.3, -0.25) is 0 Å². The second-order valence-electron chi connectivity index (χ2n) is 8.62. The fourth-order valence-corrected chi connectivity index (χ4v) is 5.12. The zero-order chi connectivity index (χ0) is 22.6. The van der Waals surface area contributed by atoms with Gasteiger partial charge in [0, 0.05) is 48.8 Å². The summed E-state index contributed by atoms with van der Waals surface area (Å²) >= 11 is 18.2. The molecular formula is C23H29Cl2N5OS. The summed E-state index contributed by atoms with van der Waals surface area (Å²) in [7, 11) is 0. The lowest BCUT2D eigenvalue weighted by Crippen LogP contribution is -2.45. The molecule has 4 rings (SSSR count). The number of aromatic nitrogens is 2. The van der Waals surface area contributed by atoms with Gasteiger partial charge in [-0.25, -0.2) is 4.98 Å². The first-order valence-electron chi connectivity index (χ1n) is 11.2. The van der Waals surface area contributed by atoms with E-state index in [-0.39, 0.29) is 5.41 Å². The van der Waals surface area contributed by atoms with Gasteiger partial charge in [-0.1, -0.05) is 35.3 Å². The number of piperidine rings is 1. The minimum Gasteiger partial charge on any atom is -0.381 e. The molecule has 2 fully saturated rings. The Bertz CT molecular complexity index is 954. The van der Waals surface area contributed by atoms with Crippen molar-refractivity contribution in [3.63, 3.8) is 0 Å². The number of ether oxygens (including phenoxy) is 1. The van der Waals surface area contributed by atoms with Gasteiger partial charge in [0.25, 0.3) is 0 Å². The molecule has 0 bridgehead atoms. The van der Waals surface area contributed by atoms with Crippen molar-refractivity contribution in [1.29, 1.82) is 0 Å². The second kappa shape index (κ2) is 10.5. The molecule has 6 nitrogen and oxygen atoms in total. The van der Waals surface area contributed by atoms with Crippen LogP contribution < -0.4 is 15.5 Å². The van der Waals surface area contributed by atoms with Gasteiger partial charge in [0.2, 0.25) is 5.95 Å². The number of rotatable bonds is 5. The third-order valence-electron chi connectivity index (χ3n) is 6.48. The SMILES string of the molecule is C[C@H]1CCCCN1c1cc(Cl)nc(NC(=S)NCC2(c3cccc(Cl)c3)CCOCC2)n1. The Morgan fingerprint density at radius 3 is 2.78 bits per heavy atom. The van der Waals surface area contributed by atoms with Crippen molar-refractivity contribution in [2.24, 2.45) is 0 Å². The first-order chi connectivity index (χ1) is 15.4. The van der Waals surface area contributed by atoms with Gasteiger partial charge in [0.1, 0.15) is 11.0 Å². The van der Waals surface area contributed by atoms with Gasteiger partial charge in [-0.2, -0.15) is 4.98 Å². The molecule has 0 aliphatic carbocycles. The quantitative estimate of drug-likeness (QED) is 0.438. The number of hydrogen-bond donors (Lipinski definition) is 2. The zero-order valence-corrected chi connectivity index (χ0v) is 20.6. The van der Waals surface area contributed by atoms with E-state index >= 15 is 0 Å². The van der Waals surface area contributed by atoms with Crippen molar-refractivity contribution in [2.75, 3.05) is 36.5 Å². The Labute approximate surface area is 205 Å². The number of anilines is 2. The normalized spacial score (nSPS) is 20.6. The molecule has 2 saturated heterocycles. The molecule has 2 aromatic rings. The predicted octanol–water partition coefficient (Wildman–Crippen LogP) is 5.20. The average Bonchev–Trinajstić information content (AvgIpc) is 2.78. The molecule has 2 aliphatic rings. The van der Waals surface area contributed by atoms with Gasteiger partial charge in [0.15, 0.2) is 5.11 Å². The fourth-order valence-electron chi connectivity index (χ4n) is 4.59. The van der Waals surface area contributed by atoms with Crippen LogP contribution in [0.15, 0.2) is 30.3 Å². The molecule has 1 aromatic heterocycles. The molecule has 0 unspecified atom stereocenters. The third kappa shape index (κ3) is 5.63. The van der Waals surface area contributed by atoms with E-state index in [1.807, 2.05) is 24.3 Å². The minimum absolute atomic E-state index is 0.0987. The largest absolute Gasteiger partial charge is 0.381 e. The highest BCUT2D eigenvalue weighted by atomic mass is 35.5. The lowest BCUT2D eigenvalue weighted by molar-refractivity contribution is 0.0515. The number of nitrogens with one attached hydrogen (secondary N) is 2. The molecule has 9 heteroatoms. The lowest BCUT2D eigenvalue weighted by Gasteiger charge is -2.38. The van der Waals surface area contributed by atoms with Crippen LogP contribution in [0.2, 0.25) is 10.2 Å². The summed E-state index contributed by atoms with van der Waals surface area (Å²) in [6, 6.07) is 10.3. The molecule has 0 radical (unpaired) electrons. The van der Waals surface area contributed by atoms with Crippen LogP contribution in [0.1, 0.15) is 44.6 Å². The van der Waals surface area contributed by atoms with Crippen molar-refractivity contribution in [1.82, 2.24) is 15.3 Å². The van der Waals surface area contributed by atoms with Gasteiger partial charge < -0.3 is 20.3 Å². The molecule has 2 aliphatic heterocycles. The average molecular weight is 494 g/mol. The molecule has 172 valence electrons. The first-order valence-corrected chi connectivity index (χ1v) is 12.3. The molecular weight excluding hydrogens is 465 g/mol. The molecule has 0 spiro atoms. The number of benzene rings is 1. The monoisotopic (exact) mass is 493 g/mol. The van der Waals surface area contributed by atoms with Crippen LogP contribution >= 0.6 is 35.4 Å². The maximum absolute atomic E-state index is 6.31. The van der Waals surface area contributed by atoms with Gasteiger partial charge in [-0.05, 0) is 68.9 Å². The molecule has 2 N–H and O–H groups in total. The predicted molar refractivity (Wildman–Crippen MR) is 135 cm³/mol. The van der Waals surface area contributed by atoms with Crippen LogP contribution in [0.25, 0.3) is 0 Å². The van der Waals surface area contributed by atoms with E-state index in [0.717, 1.165) is 43.1 Å². The highest BCUT2D eigenvalue weighted by molar-refractivity contribution is 7.80. The summed E-state index contributed by atoms with van der Waals surface area (Å²) in [5, 5.41) is 8.11. The van der Waals surface area contributed by atoms with Crippen LogP contribution in [0.3, 0.4) is 0 Å². The third-order valence-corrected chi connectivity index (χ3v) is 7.15. The smallest absolute Gasteiger partial charge is 0.232 e. The highest BCUT2D eigenvalue weighted by Crippen LogP contribution is 2.35. The Hall–Kier alpha value is -1.67. The van der Waals surface area contributed by atoms with Crippen LogP contribution in [-0.2, 0) is 10.2 Å². The minimum atomic E-state index is -0.0987. The molecule has 1 atom stereocenters. The van der Waals surface area contributed by atoms with E-state index in [9.17, 15) is 0 Å². The maximum Gasteiger partial charge on any atom is 0.232 e. The van der Waals surface area contributed by atoms with Crippen molar-refractivity contribution >= 4 is 52.3 Å². The summed E-state index contributed by atoms with van der Waals surface area (Å²) in [6.45, 7) is 5.28. The van der Waals surface area contributed by atoms with Crippen LogP contribution in [0, 0.1) is 0 Å². The summed E-state index contributed by atoms with van der Waals surface area (Å²) in [6.07, 6.45) is 5.35. The van der Waals surface area contributed by atoms with Gasteiger partial charge in [0.05, 0.1) is 0 Å². The second-order valence-corrected chi connectivity index (χ2v) is 9.85. The van der Waals surface area contributed by atoms with Crippen molar-refractivity contribution < 1.29 is 4.74 Å². The lowest BCUT2D eigenvalue weighted by atomic mass is 9.74. The van der Waals surface area contributed by atoms with Gasteiger partial charge in [-0.15, -0.1) is 0 Å². The maximum atomic E-state index is 6.31. The van der Waals surface area contributed by atoms with Gasteiger partial charge >= 0.3 is 0 Å². The summed E-state index contributed by atoms with van der Waals surface area (Å²) in [4.78, 5) is 11.3. The summed E-state index contributed by atoms with van der Waals surface area (Å²) < 4.78 is 5.62. The molecule has 0 saturated carbocycles. The highest BCUT2D eigenvalue weighted by Gasteiger charge is 2.34. The van der Waals surface area contributed by atoms with Crippen LogP contribution in [0.5, 0.6) is 0 Å². The zero-order valence-electron chi connectivity index (χ0n) is 18.2. The topological polar surface area (TPSA) is 62.3 Å².